The summed E-state index contributed by atoms with van der Waals surface area (Å²) >= 11 is 0. The number of rotatable bonds is 6. The molecule has 96 valence electrons. The Morgan fingerprint density at radius 2 is 1.65 bits per heavy atom. The molecule has 1 aromatic rings. The van der Waals surface area contributed by atoms with Gasteiger partial charge < -0.3 is 14.8 Å². The van der Waals surface area contributed by atoms with E-state index in [1.165, 1.54) is 0 Å². The summed E-state index contributed by atoms with van der Waals surface area (Å²) in [5.74, 6) is 2.37. The summed E-state index contributed by atoms with van der Waals surface area (Å²) in [5.41, 5.74) is 1.11. The van der Waals surface area contributed by atoms with Crippen LogP contribution >= 0.6 is 0 Å². The topological polar surface area (TPSA) is 30.5 Å². The number of benzene rings is 1. The molecular weight excluding hydrogens is 214 g/mol. The Morgan fingerprint density at radius 1 is 1.12 bits per heavy atom. The maximum Gasteiger partial charge on any atom is 0.127 e. The highest BCUT2D eigenvalue weighted by molar-refractivity contribution is 5.47. The van der Waals surface area contributed by atoms with Crippen LogP contribution in [-0.4, -0.2) is 21.3 Å². The van der Waals surface area contributed by atoms with Crippen molar-refractivity contribution in [2.75, 3.05) is 21.3 Å². The highest BCUT2D eigenvalue weighted by Gasteiger charge is 2.20. The molecule has 1 unspecified atom stereocenters. The zero-order chi connectivity index (χ0) is 12.8. The molecule has 0 aliphatic carbocycles. The second-order valence-electron chi connectivity index (χ2n) is 4.55. The van der Waals surface area contributed by atoms with Gasteiger partial charge in [-0.15, -0.1) is 0 Å². The number of hydrogen-bond acceptors (Lipinski definition) is 3. The van der Waals surface area contributed by atoms with Crippen LogP contribution in [0, 0.1) is 5.92 Å². The van der Waals surface area contributed by atoms with E-state index in [0.29, 0.717) is 5.92 Å². The molecule has 0 spiro atoms. The number of hydrogen-bond donors (Lipinski definition) is 1. The van der Waals surface area contributed by atoms with Crippen molar-refractivity contribution in [3.8, 4) is 11.5 Å². The van der Waals surface area contributed by atoms with Crippen molar-refractivity contribution < 1.29 is 9.47 Å². The largest absolute Gasteiger partial charge is 0.496 e. The van der Waals surface area contributed by atoms with Crippen molar-refractivity contribution in [3.05, 3.63) is 23.8 Å². The van der Waals surface area contributed by atoms with Crippen LogP contribution in [0.5, 0.6) is 11.5 Å². The van der Waals surface area contributed by atoms with E-state index < -0.39 is 0 Å². The van der Waals surface area contributed by atoms with Gasteiger partial charge in [0.15, 0.2) is 0 Å². The molecule has 3 nitrogen and oxygen atoms in total. The Kier molecular flexibility index (Phi) is 5.29. The standard InChI is InChI=1S/C14H23NO2/c1-10(2)9-11(15-3)14-12(16-4)7-6-8-13(14)17-5/h6-8,10-11,15H,9H2,1-5H3. The SMILES string of the molecule is CNC(CC(C)C)c1c(OC)cccc1OC. The molecule has 1 aromatic carbocycles. The first-order valence-electron chi connectivity index (χ1n) is 6.02. The van der Waals surface area contributed by atoms with Gasteiger partial charge in [-0.05, 0) is 31.5 Å². The van der Waals surface area contributed by atoms with Crippen LogP contribution in [0.15, 0.2) is 18.2 Å². The molecule has 1 N–H and O–H groups in total. The minimum atomic E-state index is 0.251. The molecule has 0 aromatic heterocycles. The van der Waals surface area contributed by atoms with Gasteiger partial charge in [-0.2, -0.15) is 0 Å². The normalized spacial score (nSPS) is 12.6. The molecule has 1 rings (SSSR count). The van der Waals surface area contributed by atoms with Crippen LogP contribution < -0.4 is 14.8 Å². The van der Waals surface area contributed by atoms with E-state index in [-0.39, 0.29) is 6.04 Å². The lowest BCUT2D eigenvalue weighted by Crippen LogP contribution is -2.19. The van der Waals surface area contributed by atoms with Crippen LogP contribution in [0.4, 0.5) is 0 Å². The van der Waals surface area contributed by atoms with E-state index in [9.17, 15) is 0 Å². The maximum atomic E-state index is 5.43. The fraction of sp³-hybridized carbons (Fsp3) is 0.571. The number of nitrogens with one attached hydrogen (secondary N) is 1. The fourth-order valence-corrected chi connectivity index (χ4v) is 2.07. The number of ether oxygens (including phenoxy) is 2. The smallest absolute Gasteiger partial charge is 0.127 e. The predicted molar refractivity (Wildman–Crippen MR) is 70.8 cm³/mol. The van der Waals surface area contributed by atoms with E-state index >= 15 is 0 Å². The fourth-order valence-electron chi connectivity index (χ4n) is 2.07. The molecule has 0 radical (unpaired) electrons. The van der Waals surface area contributed by atoms with Crippen molar-refractivity contribution in [2.24, 2.45) is 5.92 Å². The van der Waals surface area contributed by atoms with Gasteiger partial charge in [-0.25, -0.2) is 0 Å². The van der Waals surface area contributed by atoms with Crippen molar-refractivity contribution >= 4 is 0 Å². The van der Waals surface area contributed by atoms with Crippen molar-refractivity contribution in [1.82, 2.24) is 5.32 Å². The lowest BCUT2D eigenvalue weighted by molar-refractivity contribution is 0.360. The van der Waals surface area contributed by atoms with Gasteiger partial charge in [0.05, 0.1) is 19.8 Å². The second kappa shape index (κ2) is 6.50. The van der Waals surface area contributed by atoms with Gasteiger partial charge in [0.25, 0.3) is 0 Å². The first-order valence-corrected chi connectivity index (χ1v) is 6.02. The summed E-state index contributed by atoms with van der Waals surface area (Å²) in [7, 11) is 5.36. The molecule has 1 atom stereocenters. The van der Waals surface area contributed by atoms with E-state index in [1.54, 1.807) is 14.2 Å². The molecule has 0 aliphatic heterocycles. The first-order chi connectivity index (χ1) is 8.13. The average molecular weight is 237 g/mol. The second-order valence-corrected chi connectivity index (χ2v) is 4.55. The van der Waals surface area contributed by atoms with Gasteiger partial charge in [0, 0.05) is 6.04 Å². The van der Waals surface area contributed by atoms with E-state index in [1.807, 2.05) is 25.2 Å². The summed E-state index contributed by atoms with van der Waals surface area (Å²) in [5, 5.41) is 3.34. The van der Waals surface area contributed by atoms with Crippen molar-refractivity contribution in [1.29, 1.82) is 0 Å². The Labute approximate surface area is 104 Å². The van der Waals surface area contributed by atoms with E-state index in [2.05, 4.69) is 19.2 Å². The van der Waals surface area contributed by atoms with Crippen molar-refractivity contribution in [2.45, 2.75) is 26.3 Å². The third-order valence-electron chi connectivity index (χ3n) is 2.87. The molecule has 0 heterocycles. The third kappa shape index (κ3) is 3.37. The minimum Gasteiger partial charge on any atom is -0.496 e. The van der Waals surface area contributed by atoms with Gasteiger partial charge in [-0.3, -0.25) is 0 Å². The lowest BCUT2D eigenvalue weighted by Gasteiger charge is -2.23. The first kappa shape index (κ1) is 13.8. The van der Waals surface area contributed by atoms with Gasteiger partial charge in [0.2, 0.25) is 0 Å². The molecule has 0 fully saturated rings. The van der Waals surface area contributed by atoms with Crippen LogP contribution in [-0.2, 0) is 0 Å². The Balaban J connectivity index is 3.14. The maximum absolute atomic E-state index is 5.43. The monoisotopic (exact) mass is 237 g/mol. The number of methoxy groups -OCH3 is 2. The summed E-state index contributed by atoms with van der Waals surface area (Å²) in [6.45, 7) is 4.43. The summed E-state index contributed by atoms with van der Waals surface area (Å²) in [6.07, 6.45) is 1.05. The van der Waals surface area contributed by atoms with Crippen LogP contribution in [0.25, 0.3) is 0 Å². The van der Waals surface area contributed by atoms with Gasteiger partial charge in [0.1, 0.15) is 11.5 Å². The summed E-state index contributed by atoms with van der Waals surface area (Å²) in [4.78, 5) is 0. The quantitative estimate of drug-likeness (QED) is 0.825. The zero-order valence-corrected chi connectivity index (χ0v) is 11.4. The molecule has 0 bridgehead atoms. The molecule has 3 heteroatoms. The highest BCUT2D eigenvalue weighted by atomic mass is 16.5. The zero-order valence-electron chi connectivity index (χ0n) is 11.4. The van der Waals surface area contributed by atoms with Crippen LogP contribution in [0.1, 0.15) is 31.9 Å². The Bertz CT molecular complexity index is 328. The molecule has 0 saturated heterocycles. The molecule has 0 aliphatic rings. The Morgan fingerprint density at radius 3 is 2.00 bits per heavy atom. The molecular formula is C14H23NO2. The molecule has 0 saturated carbocycles. The van der Waals surface area contributed by atoms with Crippen LogP contribution in [0.2, 0.25) is 0 Å². The van der Waals surface area contributed by atoms with E-state index in [4.69, 9.17) is 9.47 Å². The average Bonchev–Trinajstić information content (AvgIpc) is 2.34. The predicted octanol–water partition coefficient (Wildman–Crippen LogP) is 3.01. The van der Waals surface area contributed by atoms with Crippen LogP contribution in [0.3, 0.4) is 0 Å². The highest BCUT2D eigenvalue weighted by Crippen LogP contribution is 2.36. The molecule has 0 amide bonds. The van der Waals surface area contributed by atoms with E-state index in [0.717, 1.165) is 23.5 Å². The third-order valence-corrected chi connectivity index (χ3v) is 2.87. The van der Waals surface area contributed by atoms with Gasteiger partial charge >= 0.3 is 0 Å². The lowest BCUT2D eigenvalue weighted by atomic mass is 9.95. The summed E-state index contributed by atoms with van der Waals surface area (Å²) < 4.78 is 10.9. The van der Waals surface area contributed by atoms with Gasteiger partial charge in [-0.1, -0.05) is 19.9 Å². The van der Waals surface area contributed by atoms with Crippen molar-refractivity contribution in [3.63, 3.8) is 0 Å². The Hall–Kier alpha value is -1.22. The minimum absolute atomic E-state index is 0.251. The summed E-state index contributed by atoms with van der Waals surface area (Å²) in [6, 6.07) is 6.15. The molecule has 17 heavy (non-hydrogen) atoms.